The van der Waals surface area contributed by atoms with E-state index in [1.807, 2.05) is 0 Å². The maximum atomic E-state index is 15.1. The minimum atomic E-state index is -1.47. The van der Waals surface area contributed by atoms with Crippen LogP contribution >= 0.6 is 11.6 Å². The molecule has 3 N–H and O–H groups in total. The topological polar surface area (TPSA) is 159 Å². The molecule has 1 aromatic carbocycles. The molecule has 0 aliphatic carbocycles. The Morgan fingerprint density at radius 3 is 2.18 bits per heavy atom. The summed E-state index contributed by atoms with van der Waals surface area (Å²) in [5.74, 6) is -3.51. The van der Waals surface area contributed by atoms with Gasteiger partial charge in [-0.05, 0) is 18.2 Å². The molecule has 38 heavy (non-hydrogen) atoms. The first-order valence-corrected chi connectivity index (χ1v) is 11.5. The second-order valence-corrected chi connectivity index (χ2v) is 8.47. The van der Waals surface area contributed by atoms with Crippen molar-refractivity contribution in [1.29, 1.82) is 0 Å². The average Bonchev–Trinajstić information content (AvgIpc) is 2.89. The van der Waals surface area contributed by atoms with Gasteiger partial charge in [0.1, 0.15) is 17.3 Å². The number of benzene rings is 1. The molecule has 0 saturated carbocycles. The molecule has 0 atom stereocenters. The summed E-state index contributed by atoms with van der Waals surface area (Å²) in [4.78, 5) is 52.6. The molecule has 1 saturated heterocycles. The number of nitrogens with zero attached hydrogens (tertiary/aromatic N) is 3. The summed E-state index contributed by atoms with van der Waals surface area (Å²) < 4.78 is 32.9. The number of esters is 1. The highest BCUT2D eigenvalue weighted by Crippen LogP contribution is 2.27. The van der Waals surface area contributed by atoms with Gasteiger partial charge in [-0.15, -0.1) is 0 Å². The molecule has 0 unspecified atom stereocenters. The van der Waals surface area contributed by atoms with Crippen LogP contribution in [0.4, 0.5) is 8.78 Å². The Morgan fingerprint density at radius 2 is 1.68 bits per heavy atom. The van der Waals surface area contributed by atoms with Crippen molar-refractivity contribution in [3.8, 4) is 0 Å². The number of rotatable bonds is 8. The Hall–Kier alpha value is -3.97. The van der Waals surface area contributed by atoms with Crippen molar-refractivity contribution in [3.63, 3.8) is 0 Å². The SMILES string of the molecule is COC(=O)c1cnc(CNCC2(F)CCN(C(=O)c3ccc(F)c(Cl)c3)CC2)nc1.O=C(O)/C=C/C(=O)O. The average molecular weight is 555 g/mol. The number of amides is 1. The number of nitrogens with one attached hydrogen (secondary N) is 1. The molecule has 0 bridgehead atoms. The molecular weight excluding hydrogens is 530 g/mol. The Labute approximate surface area is 221 Å². The van der Waals surface area contributed by atoms with Crippen LogP contribution in [0.5, 0.6) is 0 Å². The van der Waals surface area contributed by atoms with Crippen LogP contribution in [0.15, 0.2) is 42.7 Å². The van der Waals surface area contributed by atoms with Gasteiger partial charge >= 0.3 is 17.9 Å². The van der Waals surface area contributed by atoms with Crippen molar-refractivity contribution in [1.82, 2.24) is 20.2 Å². The largest absolute Gasteiger partial charge is 0.478 e. The number of methoxy groups -OCH3 is 1. The number of alkyl halides is 1. The molecule has 204 valence electrons. The predicted octanol–water partition coefficient (Wildman–Crippen LogP) is 2.50. The van der Waals surface area contributed by atoms with Crippen LogP contribution in [0, 0.1) is 5.82 Å². The molecule has 1 aromatic heterocycles. The van der Waals surface area contributed by atoms with Gasteiger partial charge in [0.05, 0.1) is 24.2 Å². The first-order valence-electron chi connectivity index (χ1n) is 11.1. The van der Waals surface area contributed by atoms with E-state index in [9.17, 15) is 23.6 Å². The van der Waals surface area contributed by atoms with E-state index >= 15 is 4.39 Å². The molecule has 1 fully saturated rings. The van der Waals surface area contributed by atoms with Gasteiger partial charge in [0, 0.05) is 62.6 Å². The molecule has 0 spiro atoms. The lowest BCUT2D eigenvalue weighted by molar-refractivity contribution is -0.134. The first-order chi connectivity index (χ1) is 17.9. The summed E-state index contributed by atoms with van der Waals surface area (Å²) in [5, 5.41) is 18.5. The van der Waals surface area contributed by atoms with Crippen molar-refractivity contribution < 1.29 is 42.9 Å². The van der Waals surface area contributed by atoms with Crippen molar-refractivity contribution >= 4 is 35.4 Å². The fourth-order valence-corrected chi connectivity index (χ4v) is 3.49. The maximum Gasteiger partial charge on any atom is 0.341 e. The summed E-state index contributed by atoms with van der Waals surface area (Å²) in [7, 11) is 1.27. The van der Waals surface area contributed by atoms with Crippen LogP contribution < -0.4 is 5.32 Å². The Bertz CT molecular complexity index is 1170. The fourth-order valence-electron chi connectivity index (χ4n) is 3.31. The second-order valence-electron chi connectivity index (χ2n) is 8.06. The van der Waals surface area contributed by atoms with E-state index in [-0.39, 0.29) is 61.1 Å². The Balaban J connectivity index is 0.000000550. The minimum Gasteiger partial charge on any atom is -0.478 e. The summed E-state index contributed by atoms with van der Waals surface area (Å²) >= 11 is 5.73. The molecule has 2 aromatic rings. The monoisotopic (exact) mass is 554 g/mol. The van der Waals surface area contributed by atoms with Gasteiger partial charge < -0.3 is 25.2 Å². The molecule has 1 aliphatic heterocycles. The standard InChI is InChI=1S/C20H21ClF2N4O3.C4H4O4/c1-30-19(29)14-9-25-17(26-10-14)11-24-12-20(23)4-6-27(7-5-20)18(28)13-2-3-16(22)15(21)8-13;5-3(6)1-2-4(7)8/h2-3,8-10,24H,4-7,11-12H2,1H3;1-2H,(H,5,6)(H,7,8)/b;2-1+. The lowest BCUT2D eigenvalue weighted by atomic mass is 9.92. The van der Waals surface area contributed by atoms with Crippen LogP contribution in [0.25, 0.3) is 0 Å². The van der Waals surface area contributed by atoms with E-state index in [1.165, 1.54) is 36.5 Å². The van der Waals surface area contributed by atoms with E-state index in [4.69, 9.17) is 21.8 Å². The highest BCUT2D eigenvalue weighted by molar-refractivity contribution is 6.31. The molecule has 1 aliphatic rings. The highest BCUT2D eigenvalue weighted by atomic mass is 35.5. The fraction of sp³-hybridized carbons (Fsp3) is 0.333. The van der Waals surface area contributed by atoms with Gasteiger partial charge in [0.25, 0.3) is 5.91 Å². The smallest absolute Gasteiger partial charge is 0.341 e. The number of carbonyl (C=O) groups excluding carboxylic acids is 2. The van der Waals surface area contributed by atoms with Gasteiger partial charge in [-0.1, -0.05) is 11.6 Å². The number of halogens is 3. The molecule has 1 amide bonds. The summed E-state index contributed by atoms with van der Waals surface area (Å²) in [6, 6.07) is 3.79. The molecule has 0 radical (unpaired) electrons. The van der Waals surface area contributed by atoms with Crippen LogP contribution in [-0.4, -0.2) is 81.3 Å². The minimum absolute atomic E-state index is 0.0829. The highest BCUT2D eigenvalue weighted by Gasteiger charge is 2.36. The zero-order chi connectivity index (χ0) is 28.3. The number of carboxylic acids is 2. The van der Waals surface area contributed by atoms with Crippen molar-refractivity contribution in [3.05, 3.63) is 70.5 Å². The van der Waals surface area contributed by atoms with Crippen molar-refractivity contribution in [2.75, 3.05) is 26.7 Å². The quantitative estimate of drug-likeness (QED) is 0.327. The number of ether oxygens (including phenoxy) is 1. The van der Waals surface area contributed by atoms with E-state index in [0.717, 1.165) is 6.07 Å². The number of hydrogen-bond donors (Lipinski definition) is 3. The lowest BCUT2D eigenvalue weighted by Crippen LogP contribution is -2.48. The normalized spacial score (nSPS) is 14.4. The lowest BCUT2D eigenvalue weighted by Gasteiger charge is -2.36. The van der Waals surface area contributed by atoms with Gasteiger partial charge in [0.2, 0.25) is 0 Å². The van der Waals surface area contributed by atoms with Gasteiger partial charge in [-0.3, -0.25) is 4.79 Å². The first kappa shape index (κ1) is 30.3. The third-order valence-electron chi connectivity index (χ3n) is 5.33. The molecule has 2 heterocycles. The van der Waals surface area contributed by atoms with Crippen LogP contribution in [0.3, 0.4) is 0 Å². The number of piperidine rings is 1. The summed E-state index contributed by atoms with van der Waals surface area (Å²) in [6.07, 6.45) is 4.16. The number of carbonyl (C=O) groups is 4. The van der Waals surface area contributed by atoms with Crippen LogP contribution in [0.2, 0.25) is 5.02 Å². The molecular formula is C24H25ClF2N4O7. The number of aromatic nitrogens is 2. The molecule has 14 heteroatoms. The number of aliphatic carboxylic acids is 2. The Morgan fingerprint density at radius 1 is 1.11 bits per heavy atom. The zero-order valence-electron chi connectivity index (χ0n) is 20.2. The number of hydrogen-bond acceptors (Lipinski definition) is 8. The van der Waals surface area contributed by atoms with E-state index in [0.29, 0.717) is 18.0 Å². The second kappa shape index (κ2) is 14.1. The third-order valence-corrected chi connectivity index (χ3v) is 5.62. The van der Waals surface area contributed by atoms with E-state index < -0.39 is 29.4 Å². The maximum absolute atomic E-state index is 15.1. The van der Waals surface area contributed by atoms with Crippen molar-refractivity contribution in [2.24, 2.45) is 0 Å². The van der Waals surface area contributed by atoms with Gasteiger partial charge in [-0.2, -0.15) is 0 Å². The van der Waals surface area contributed by atoms with Gasteiger partial charge in [0.15, 0.2) is 0 Å². The third kappa shape index (κ3) is 9.48. The van der Waals surface area contributed by atoms with Gasteiger partial charge in [-0.25, -0.2) is 33.1 Å². The predicted molar refractivity (Wildman–Crippen MR) is 130 cm³/mol. The van der Waals surface area contributed by atoms with Crippen molar-refractivity contribution in [2.45, 2.75) is 25.1 Å². The van der Waals surface area contributed by atoms with E-state index in [2.05, 4.69) is 20.0 Å². The molecule has 11 nitrogen and oxygen atoms in total. The number of likely N-dealkylation sites (tertiary alicyclic amines) is 1. The Kier molecular flexibility index (Phi) is 11.2. The summed E-state index contributed by atoms with van der Waals surface area (Å²) in [5.41, 5.74) is -0.954. The molecule has 3 rings (SSSR count). The summed E-state index contributed by atoms with van der Waals surface area (Å²) in [6.45, 7) is 0.816. The zero-order valence-corrected chi connectivity index (χ0v) is 21.0. The van der Waals surface area contributed by atoms with E-state index in [1.54, 1.807) is 0 Å². The number of carboxylic acid groups (broad SMARTS) is 2. The van der Waals surface area contributed by atoms with Crippen LogP contribution in [0.1, 0.15) is 39.4 Å². The van der Waals surface area contributed by atoms with Crippen LogP contribution in [-0.2, 0) is 20.9 Å².